The monoisotopic (exact) mass is 266 g/mol. The maximum Gasteiger partial charge on any atom is 0.194 e. The second-order valence-corrected chi connectivity index (χ2v) is 5.87. The summed E-state index contributed by atoms with van der Waals surface area (Å²) in [4.78, 5) is 4.34. The minimum atomic E-state index is 0.121. The Morgan fingerprint density at radius 1 is 1.42 bits per heavy atom. The summed E-state index contributed by atoms with van der Waals surface area (Å²) in [6.07, 6.45) is 6.42. The molecule has 0 amide bonds. The Kier molecular flexibility index (Phi) is 5.40. The fourth-order valence-electron chi connectivity index (χ4n) is 2.36. The topological polar surface area (TPSA) is 47.3 Å². The summed E-state index contributed by atoms with van der Waals surface area (Å²) in [6, 6.07) is 0. The molecule has 2 heterocycles. The molecule has 0 bridgehead atoms. The zero-order valence-electron chi connectivity index (χ0n) is 12.3. The summed E-state index contributed by atoms with van der Waals surface area (Å²) >= 11 is 0. The van der Waals surface area contributed by atoms with Crippen molar-refractivity contribution in [3.05, 3.63) is 17.8 Å². The van der Waals surface area contributed by atoms with E-state index in [0.717, 1.165) is 50.4 Å². The number of rotatable bonds is 7. The van der Waals surface area contributed by atoms with Gasteiger partial charge in [-0.1, -0.05) is 13.8 Å². The van der Waals surface area contributed by atoms with Gasteiger partial charge in [0.15, 0.2) is 11.7 Å². The molecule has 1 fully saturated rings. The van der Waals surface area contributed by atoms with Crippen LogP contribution >= 0.6 is 0 Å². The lowest BCUT2D eigenvalue weighted by molar-refractivity contribution is 0.0417. The van der Waals surface area contributed by atoms with Gasteiger partial charge in [-0.15, -0.1) is 0 Å². The Hall–Kier alpha value is -0.870. The van der Waals surface area contributed by atoms with Crippen molar-refractivity contribution in [2.75, 3.05) is 13.1 Å². The van der Waals surface area contributed by atoms with E-state index >= 15 is 0 Å². The van der Waals surface area contributed by atoms with Crippen LogP contribution < -0.4 is 5.32 Å². The number of nitrogens with zero attached hydrogens (tertiary/aromatic N) is 1. The fraction of sp³-hybridized carbons (Fsp3) is 0.800. The Balaban J connectivity index is 1.69. The van der Waals surface area contributed by atoms with E-state index in [9.17, 15) is 0 Å². The average Bonchev–Trinajstić information content (AvgIpc) is 2.97. The molecule has 4 nitrogen and oxygen atoms in total. The molecule has 2 rings (SSSR count). The van der Waals surface area contributed by atoms with Gasteiger partial charge < -0.3 is 14.5 Å². The Morgan fingerprint density at radius 2 is 2.26 bits per heavy atom. The first-order valence-electron chi connectivity index (χ1n) is 7.46. The average molecular weight is 266 g/mol. The molecule has 1 aromatic rings. The van der Waals surface area contributed by atoms with E-state index in [1.54, 1.807) is 0 Å². The lowest BCUT2D eigenvalue weighted by atomic mass is 10.2. The summed E-state index contributed by atoms with van der Waals surface area (Å²) in [6.45, 7) is 8.64. The van der Waals surface area contributed by atoms with E-state index in [1.165, 1.54) is 0 Å². The zero-order chi connectivity index (χ0) is 13.7. The van der Waals surface area contributed by atoms with Crippen LogP contribution in [0.2, 0.25) is 0 Å². The third-order valence-corrected chi connectivity index (χ3v) is 3.42. The molecule has 1 aromatic heterocycles. The normalized spacial score (nSPS) is 23.4. The van der Waals surface area contributed by atoms with E-state index < -0.39 is 0 Å². The molecule has 1 saturated heterocycles. The number of aryl methyl sites for hydroxylation is 1. The molecular formula is C15H26N2O2. The summed E-state index contributed by atoms with van der Waals surface area (Å²) in [5.41, 5.74) is 0. The predicted molar refractivity (Wildman–Crippen MR) is 75.1 cm³/mol. The van der Waals surface area contributed by atoms with Crippen LogP contribution in [-0.2, 0) is 11.2 Å². The molecule has 0 spiro atoms. The Morgan fingerprint density at radius 3 is 2.95 bits per heavy atom. The van der Waals surface area contributed by atoms with Crippen LogP contribution in [0.3, 0.4) is 0 Å². The van der Waals surface area contributed by atoms with Crippen molar-refractivity contribution in [2.24, 2.45) is 5.92 Å². The van der Waals surface area contributed by atoms with Crippen molar-refractivity contribution in [1.29, 1.82) is 0 Å². The molecular weight excluding hydrogens is 240 g/mol. The third kappa shape index (κ3) is 4.62. The molecule has 0 aromatic carbocycles. The van der Waals surface area contributed by atoms with Crippen LogP contribution in [0.5, 0.6) is 0 Å². The van der Waals surface area contributed by atoms with E-state index in [0.29, 0.717) is 12.0 Å². The number of aromatic nitrogens is 1. The lowest BCUT2D eigenvalue weighted by Gasteiger charge is -2.07. The highest BCUT2D eigenvalue weighted by molar-refractivity contribution is 5.00. The van der Waals surface area contributed by atoms with Gasteiger partial charge >= 0.3 is 0 Å². The van der Waals surface area contributed by atoms with Crippen molar-refractivity contribution in [2.45, 2.75) is 58.7 Å². The summed E-state index contributed by atoms with van der Waals surface area (Å²) < 4.78 is 11.6. The summed E-state index contributed by atoms with van der Waals surface area (Å²) in [5.74, 6) is 2.44. The molecule has 2 atom stereocenters. The second-order valence-electron chi connectivity index (χ2n) is 5.87. The third-order valence-electron chi connectivity index (χ3n) is 3.42. The van der Waals surface area contributed by atoms with Crippen LogP contribution in [-0.4, -0.2) is 24.2 Å². The Labute approximate surface area is 115 Å². The van der Waals surface area contributed by atoms with Crippen molar-refractivity contribution in [1.82, 2.24) is 10.3 Å². The summed E-state index contributed by atoms with van der Waals surface area (Å²) in [5, 5.41) is 3.43. The van der Waals surface area contributed by atoms with Crippen LogP contribution in [0.1, 0.15) is 57.8 Å². The van der Waals surface area contributed by atoms with Crippen LogP contribution in [0, 0.1) is 5.92 Å². The molecule has 1 aliphatic rings. The first kappa shape index (κ1) is 14.5. The molecule has 2 unspecified atom stereocenters. The molecule has 1 N–H and O–H groups in total. The number of ether oxygens (including phenoxy) is 1. The smallest absolute Gasteiger partial charge is 0.194 e. The Bertz CT molecular complexity index is 376. The molecule has 0 aliphatic carbocycles. The largest absolute Gasteiger partial charge is 0.443 e. The minimum Gasteiger partial charge on any atom is -0.443 e. The van der Waals surface area contributed by atoms with Gasteiger partial charge in [0.1, 0.15) is 6.10 Å². The minimum absolute atomic E-state index is 0.121. The van der Waals surface area contributed by atoms with E-state index in [-0.39, 0.29) is 6.10 Å². The maximum absolute atomic E-state index is 5.78. The van der Waals surface area contributed by atoms with Crippen molar-refractivity contribution in [3.8, 4) is 0 Å². The number of oxazole rings is 1. The first-order chi connectivity index (χ1) is 9.15. The molecule has 4 heteroatoms. The predicted octanol–water partition coefficient (Wildman–Crippen LogP) is 3.09. The zero-order valence-corrected chi connectivity index (χ0v) is 12.3. The van der Waals surface area contributed by atoms with Gasteiger partial charge in [-0.3, -0.25) is 0 Å². The van der Waals surface area contributed by atoms with Gasteiger partial charge in [-0.2, -0.15) is 0 Å². The number of hydrogen-bond donors (Lipinski definition) is 1. The van der Waals surface area contributed by atoms with Gasteiger partial charge in [0.25, 0.3) is 0 Å². The molecule has 1 aliphatic heterocycles. The molecule has 0 radical (unpaired) electrons. The van der Waals surface area contributed by atoms with E-state index in [4.69, 9.17) is 9.15 Å². The second kappa shape index (κ2) is 7.06. The van der Waals surface area contributed by atoms with Gasteiger partial charge in [0.2, 0.25) is 0 Å². The van der Waals surface area contributed by atoms with Crippen LogP contribution in [0.15, 0.2) is 10.6 Å². The first-order valence-corrected chi connectivity index (χ1v) is 7.46. The van der Waals surface area contributed by atoms with Crippen molar-refractivity contribution in [3.63, 3.8) is 0 Å². The lowest BCUT2D eigenvalue weighted by Crippen LogP contribution is -2.21. The van der Waals surface area contributed by atoms with Gasteiger partial charge in [-0.25, -0.2) is 4.98 Å². The van der Waals surface area contributed by atoms with Gasteiger partial charge in [0, 0.05) is 6.42 Å². The number of hydrogen-bond acceptors (Lipinski definition) is 4. The maximum atomic E-state index is 5.78. The van der Waals surface area contributed by atoms with Crippen molar-refractivity contribution >= 4 is 0 Å². The molecule has 19 heavy (non-hydrogen) atoms. The highest BCUT2D eigenvalue weighted by Gasteiger charge is 2.26. The quantitative estimate of drug-likeness (QED) is 0.770. The SMILES string of the molecule is CC(C)CNCCCc1ncc(C2CCC(C)O2)o1. The van der Waals surface area contributed by atoms with E-state index in [2.05, 4.69) is 31.1 Å². The van der Waals surface area contributed by atoms with Crippen LogP contribution in [0.25, 0.3) is 0 Å². The van der Waals surface area contributed by atoms with Crippen LogP contribution in [0.4, 0.5) is 0 Å². The highest BCUT2D eigenvalue weighted by atomic mass is 16.5. The molecule has 108 valence electrons. The molecule has 0 saturated carbocycles. The summed E-state index contributed by atoms with van der Waals surface area (Å²) in [7, 11) is 0. The number of nitrogens with one attached hydrogen (secondary N) is 1. The van der Waals surface area contributed by atoms with Gasteiger partial charge in [0.05, 0.1) is 12.3 Å². The van der Waals surface area contributed by atoms with E-state index in [1.807, 2.05) is 6.20 Å². The fourth-order valence-corrected chi connectivity index (χ4v) is 2.36. The standard InChI is InChI=1S/C15H26N2O2/c1-11(2)9-16-8-4-5-15-17-10-14(19-15)13-7-6-12(3)18-13/h10-13,16H,4-9H2,1-3H3. The highest BCUT2D eigenvalue weighted by Crippen LogP contribution is 2.32. The van der Waals surface area contributed by atoms with Gasteiger partial charge in [-0.05, 0) is 45.2 Å². The van der Waals surface area contributed by atoms with Crippen molar-refractivity contribution < 1.29 is 9.15 Å².